The third-order valence-electron chi connectivity index (χ3n) is 2.84. The van der Waals surface area contributed by atoms with Crippen LogP contribution >= 0.6 is 0 Å². The van der Waals surface area contributed by atoms with E-state index < -0.39 is 0 Å². The maximum atomic E-state index is 11.9. The summed E-state index contributed by atoms with van der Waals surface area (Å²) >= 11 is 0. The number of piperazine rings is 1. The molecule has 1 N–H and O–H groups in total. The first-order chi connectivity index (χ1) is 7.75. The van der Waals surface area contributed by atoms with Crippen LogP contribution in [0, 0.1) is 0 Å². The highest BCUT2D eigenvalue weighted by Crippen LogP contribution is 2.02. The molecular weight excluding hydrogens is 204 g/mol. The summed E-state index contributed by atoms with van der Waals surface area (Å²) < 4.78 is 1.80. The predicted octanol–water partition coefficient (Wildman–Crippen LogP) is 0.0935. The fourth-order valence-corrected chi connectivity index (χ4v) is 1.96. The zero-order valence-electron chi connectivity index (χ0n) is 9.59. The van der Waals surface area contributed by atoms with Crippen molar-refractivity contribution < 1.29 is 4.79 Å². The Kier molecular flexibility index (Phi) is 3.56. The van der Waals surface area contributed by atoms with Crippen molar-refractivity contribution in [2.75, 3.05) is 19.6 Å². The second kappa shape index (κ2) is 5.12. The number of amides is 1. The van der Waals surface area contributed by atoms with Crippen LogP contribution in [-0.4, -0.2) is 46.3 Å². The maximum absolute atomic E-state index is 11.9. The van der Waals surface area contributed by atoms with Gasteiger partial charge in [0, 0.05) is 51.0 Å². The van der Waals surface area contributed by atoms with Crippen LogP contribution in [-0.2, 0) is 11.3 Å². The summed E-state index contributed by atoms with van der Waals surface area (Å²) in [5, 5.41) is 7.41. The molecule has 0 aliphatic carbocycles. The molecule has 5 nitrogen and oxygen atoms in total. The molecule has 1 amide bonds. The van der Waals surface area contributed by atoms with Gasteiger partial charge in [-0.1, -0.05) is 0 Å². The molecule has 2 heterocycles. The number of aromatic nitrogens is 2. The molecule has 0 aromatic carbocycles. The summed E-state index contributed by atoms with van der Waals surface area (Å²) in [6.45, 7) is 5.31. The van der Waals surface area contributed by atoms with Crippen molar-refractivity contribution in [3.63, 3.8) is 0 Å². The van der Waals surface area contributed by atoms with E-state index in [-0.39, 0.29) is 5.91 Å². The lowest BCUT2D eigenvalue weighted by molar-refractivity contribution is -0.132. The van der Waals surface area contributed by atoms with Crippen LogP contribution in [0.15, 0.2) is 18.5 Å². The van der Waals surface area contributed by atoms with Gasteiger partial charge in [0.2, 0.25) is 5.91 Å². The van der Waals surface area contributed by atoms with Crippen LogP contribution in [0.2, 0.25) is 0 Å². The summed E-state index contributed by atoms with van der Waals surface area (Å²) in [6.07, 6.45) is 4.15. The van der Waals surface area contributed by atoms with E-state index in [1.54, 1.807) is 10.9 Å². The highest BCUT2D eigenvalue weighted by Gasteiger charge is 2.19. The molecule has 0 bridgehead atoms. The van der Waals surface area contributed by atoms with Crippen LogP contribution in [0.3, 0.4) is 0 Å². The summed E-state index contributed by atoms with van der Waals surface area (Å²) in [4.78, 5) is 13.8. The smallest absolute Gasteiger partial charge is 0.224 e. The number of nitrogens with one attached hydrogen (secondary N) is 1. The van der Waals surface area contributed by atoms with Gasteiger partial charge in [-0.25, -0.2) is 0 Å². The normalized spacial score (nSPS) is 21.1. The molecule has 88 valence electrons. The van der Waals surface area contributed by atoms with Gasteiger partial charge in [0.25, 0.3) is 0 Å². The molecule has 1 atom stereocenters. The number of carbonyl (C=O) groups is 1. The highest BCUT2D eigenvalue weighted by atomic mass is 16.2. The molecule has 1 aromatic heterocycles. The maximum Gasteiger partial charge on any atom is 0.224 e. The van der Waals surface area contributed by atoms with Crippen molar-refractivity contribution in [3.8, 4) is 0 Å². The molecule has 1 saturated heterocycles. The summed E-state index contributed by atoms with van der Waals surface area (Å²) in [5.74, 6) is 0.226. The van der Waals surface area contributed by atoms with Crippen molar-refractivity contribution in [3.05, 3.63) is 18.5 Å². The minimum absolute atomic E-state index is 0.226. The molecule has 1 fully saturated rings. The van der Waals surface area contributed by atoms with E-state index in [1.807, 2.05) is 17.2 Å². The fraction of sp³-hybridized carbons (Fsp3) is 0.636. The number of hydrogen-bond acceptors (Lipinski definition) is 3. The van der Waals surface area contributed by atoms with E-state index in [4.69, 9.17) is 0 Å². The van der Waals surface area contributed by atoms with Gasteiger partial charge < -0.3 is 10.2 Å². The van der Waals surface area contributed by atoms with Gasteiger partial charge in [0.05, 0.1) is 0 Å². The first-order valence-electron chi connectivity index (χ1n) is 5.74. The molecule has 1 aliphatic rings. The average Bonchev–Trinajstić information content (AvgIpc) is 2.78. The van der Waals surface area contributed by atoms with E-state index in [0.29, 0.717) is 19.0 Å². The van der Waals surface area contributed by atoms with Gasteiger partial charge in [-0.05, 0) is 13.0 Å². The molecule has 0 radical (unpaired) electrons. The minimum Gasteiger partial charge on any atom is -0.340 e. The van der Waals surface area contributed by atoms with Crippen LogP contribution in [0.1, 0.15) is 13.3 Å². The Morgan fingerprint density at radius 3 is 3.19 bits per heavy atom. The summed E-state index contributed by atoms with van der Waals surface area (Å²) in [5.41, 5.74) is 0. The number of hydrogen-bond donors (Lipinski definition) is 1. The van der Waals surface area contributed by atoms with Gasteiger partial charge in [-0.3, -0.25) is 9.48 Å². The van der Waals surface area contributed by atoms with Gasteiger partial charge in [-0.15, -0.1) is 0 Å². The van der Waals surface area contributed by atoms with Crippen LogP contribution < -0.4 is 5.32 Å². The first kappa shape index (κ1) is 11.1. The summed E-state index contributed by atoms with van der Waals surface area (Å²) in [6, 6.07) is 2.28. The fourth-order valence-electron chi connectivity index (χ4n) is 1.96. The number of nitrogens with zero attached hydrogens (tertiary/aromatic N) is 3. The monoisotopic (exact) mass is 222 g/mol. The van der Waals surface area contributed by atoms with Gasteiger partial charge in [-0.2, -0.15) is 5.10 Å². The Hall–Kier alpha value is -1.36. The first-order valence-corrected chi connectivity index (χ1v) is 5.74. The third kappa shape index (κ3) is 2.82. The van der Waals surface area contributed by atoms with Gasteiger partial charge >= 0.3 is 0 Å². The highest BCUT2D eigenvalue weighted by molar-refractivity contribution is 5.76. The average molecular weight is 222 g/mol. The van der Waals surface area contributed by atoms with E-state index in [2.05, 4.69) is 17.3 Å². The lowest BCUT2D eigenvalue weighted by Gasteiger charge is -2.31. The topological polar surface area (TPSA) is 50.2 Å². The molecular formula is C11H18N4O. The van der Waals surface area contributed by atoms with E-state index in [0.717, 1.165) is 19.6 Å². The van der Waals surface area contributed by atoms with E-state index in [9.17, 15) is 4.79 Å². The quantitative estimate of drug-likeness (QED) is 0.788. The molecule has 1 aromatic rings. The SMILES string of the molecule is C[C@@H]1CN(C(=O)CCn2cccn2)CCN1. The largest absolute Gasteiger partial charge is 0.340 e. The second-order valence-corrected chi connectivity index (χ2v) is 4.21. The zero-order chi connectivity index (χ0) is 11.4. The van der Waals surface area contributed by atoms with Crippen LogP contribution in [0.25, 0.3) is 0 Å². The Morgan fingerprint density at radius 1 is 1.62 bits per heavy atom. The molecule has 1 aliphatic heterocycles. The lowest BCUT2D eigenvalue weighted by atomic mass is 10.2. The summed E-state index contributed by atoms with van der Waals surface area (Å²) in [7, 11) is 0. The lowest BCUT2D eigenvalue weighted by Crippen LogP contribution is -2.51. The zero-order valence-corrected chi connectivity index (χ0v) is 9.59. The minimum atomic E-state index is 0.226. The van der Waals surface area contributed by atoms with Crippen molar-refractivity contribution in [2.24, 2.45) is 0 Å². The van der Waals surface area contributed by atoms with Crippen molar-refractivity contribution >= 4 is 5.91 Å². The molecule has 0 unspecified atom stereocenters. The predicted molar refractivity (Wildman–Crippen MR) is 60.9 cm³/mol. The van der Waals surface area contributed by atoms with Crippen LogP contribution in [0.5, 0.6) is 0 Å². The van der Waals surface area contributed by atoms with Gasteiger partial charge in [0.15, 0.2) is 0 Å². The number of carbonyl (C=O) groups excluding carboxylic acids is 1. The number of aryl methyl sites for hydroxylation is 1. The van der Waals surface area contributed by atoms with Crippen LogP contribution in [0.4, 0.5) is 0 Å². The van der Waals surface area contributed by atoms with Crippen molar-refractivity contribution in [1.29, 1.82) is 0 Å². The van der Waals surface area contributed by atoms with Gasteiger partial charge in [0.1, 0.15) is 0 Å². The van der Waals surface area contributed by atoms with Crippen molar-refractivity contribution in [1.82, 2.24) is 20.0 Å². The molecule has 16 heavy (non-hydrogen) atoms. The molecule has 2 rings (SSSR count). The molecule has 0 spiro atoms. The van der Waals surface area contributed by atoms with E-state index in [1.165, 1.54) is 0 Å². The third-order valence-corrected chi connectivity index (χ3v) is 2.84. The van der Waals surface area contributed by atoms with Crippen molar-refractivity contribution in [2.45, 2.75) is 25.9 Å². The Labute approximate surface area is 95.4 Å². The molecule has 0 saturated carbocycles. The Morgan fingerprint density at radius 2 is 2.50 bits per heavy atom. The Balaban J connectivity index is 1.79. The second-order valence-electron chi connectivity index (χ2n) is 4.21. The Bertz CT molecular complexity index is 336. The van der Waals surface area contributed by atoms with E-state index >= 15 is 0 Å². The number of rotatable bonds is 3. The molecule has 5 heteroatoms. The standard InChI is InChI=1S/C11H18N4O/c1-10-9-14(8-5-12-10)11(16)3-7-15-6-2-4-13-15/h2,4,6,10,12H,3,5,7-9H2,1H3/t10-/m1/s1.